The highest BCUT2D eigenvalue weighted by Gasteiger charge is 2.37. The first kappa shape index (κ1) is 26.4. The zero-order chi connectivity index (χ0) is 21.6. The van der Waals surface area contributed by atoms with E-state index in [1.54, 1.807) is 5.48 Å². The molecule has 2 N–H and O–H groups in total. The molecule has 0 radical (unpaired) electrons. The number of carbonyl (C=O) groups excluding carboxylic acids is 1. The highest BCUT2D eigenvalue weighted by Crippen LogP contribution is 2.37. The summed E-state index contributed by atoms with van der Waals surface area (Å²) in [4.78, 5) is 15.1. The van der Waals surface area contributed by atoms with Gasteiger partial charge in [0.05, 0.1) is 5.60 Å². The molecule has 0 aromatic rings. The standard InChI is InChI=1S/C24H47N2O3/c1-4-7-10-13-23(22(27)25-29,14-11-8-5-2)16-19-26-20-17-24(28,18-21-26)15-12-9-6-3/h28H,4-21H2,1-3H3,(H-,25,27,29)/q-1. The zero-order valence-corrected chi connectivity index (χ0v) is 19.4. The Kier molecular flexibility index (Phi) is 13.1. The number of rotatable bonds is 16. The highest BCUT2D eigenvalue weighted by atomic mass is 16.5. The van der Waals surface area contributed by atoms with E-state index >= 15 is 0 Å². The highest BCUT2D eigenvalue weighted by molar-refractivity contribution is 5.82. The van der Waals surface area contributed by atoms with Crippen molar-refractivity contribution in [3.8, 4) is 0 Å². The Morgan fingerprint density at radius 1 is 0.931 bits per heavy atom. The first-order chi connectivity index (χ1) is 13.9. The van der Waals surface area contributed by atoms with Gasteiger partial charge >= 0.3 is 0 Å². The molecule has 0 aromatic heterocycles. The summed E-state index contributed by atoms with van der Waals surface area (Å²) in [7, 11) is 0. The van der Waals surface area contributed by atoms with Gasteiger partial charge in [-0.15, -0.1) is 0 Å². The molecule has 0 atom stereocenters. The third kappa shape index (κ3) is 9.35. The largest absolute Gasteiger partial charge is 0.759 e. The van der Waals surface area contributed by atoms with Crippen molar-refractivity contribution in [3.05, 3.63) is 5.21 Å². The molecule has 0 aliphatic carbocycles. The Morgan fingerprint density at radius 3 is 1.93 bits per heavy atom. The second-order valence-corrected chi connectivity index (χ2v) is 9.40. The number of amides is 1. The van der Waals surface area contributed by atoms with Crippen LogP contribution >= 0.6 is 0 Å². The maximum absolute atomic E-state index is 12.7. The van der Waals surface area contributed by atoms with Crippen LogP contribution in [0.2, 0.25) is 0 Å². The normalized spacial score (nSPS) is 17.4. The summed E-state index contributed by atoms with van der Waals surface area (Å²) < 4.78 is 0. The minimum atomic E-state index is -0.527. The van der Waals surface area contributed by atoms with E-state index in [9.17, 15) is 15.1 Å². The Morgan fingerprint density at radius 2 is 1.45 bits per heavy atom. The fraction of sp³-hybridized carbons (Fsp3) is 0.958. The molecule has 1 amide bonds. The van der Waals surface area contributed by atoms with E-state index in [1.165, 1.54) is 12.8 Å². The predicted molar refractivity (Wildman–Crippen MR) is 122 cm³/mol. The molecule has 1 saturated heterocycles. The molecule has 1 rings (SSSR count). The minimum absolute atomic E-state index is 0.308. The number of likely N-dealkylation sites (tertiary alicyclic amines) is 1. The molecule has 0 bridgehead atoms. The lowest BCUT2D eigenvalue weighted by molar-refractivity contribution is -0.132. The first-order valence-electron chi connectivity index (χ1n) is 12.3. The fourth-order valence-corrected chi connectivity index (χ4v) is 4.77. The molecule has 0 aromatic carbocycles. The van der Waals surface area contributed by atoms with Gasteiger partial charge in [-0.05, 0) is 45.1 Å². The molecule has 1 fully saturated rings. The summed E-state index contributed by atoms with van der Waals surface area (Å²) in [5.41, 5.74) is 0.712. The number of unbranched alkanes of at least 4 members (excludes halogenated alkanes) is 6. The van der Waals surface area contributed by atoms with Gasteiger partial charge in [-0.3, -0.25) is 4.79 Å². The molecule has 1 heterocycles. The lowest BCUT2D eigenvalue weighted by atomic mass is 9.74. The lowest BCUT2D eigenvalue weighted by Gasteiger charge is -2.41. The van der Waals surface area contributed by atoms with Gasteiger partial charge in [0.25, 0.3) is 0 Å². The third-order valence-corrected chi connectivity index (χ3v) is 7.03. The molecule has 172 valence electrons. The maximum atomic E-state index is 12.7. The van der Waals surface area contributed by atoms with Crippen LogP contribution in [0.1, 0.15) is 117 Å². The third-order valence-electron chi connectivity index (χ3n) is 7.03. The summed E-state index contributed by atoms with van der Waals surface area (Å²) in [6.45, 7) is 9.15. The van der Waals surface area contributed by atoms with Gasteiger partial charge in [0.2, 0.25) is 5.91 Å². The number of carbonyl (C=O) groups is 1. The van der Waals surface area contributed by atoms with Crippen molar-refractivity contribution in [2.45, 2.75) is 123 Å². The first-order valence-corrected chi connectivity index (χ1v) is 12.3. The van der Waals surface area contributed by atoms with Crippen molar-refractivity contribution >= 4 is 5.91 Å². The Balaban J connectivity index is 2.64. The van der Waals surface area contributed by atoms with E-state index in [4.69, 9.17) is 0 Å². The minimum Gasteiger partial charge on any atom is -0.759 e. The van der Waals surface area contributed by atoms with Crippen LogP contribution in [0.3, 0.4) is 0 Å². The Hall–Kier alpha value is -0.650. The van der Waals surface area contributed by atoms with Gasteiger partial charge in [0.15, 0.2) is 0 Å². The van der Waals surface area contributed by atoms with Crippen LogP contribution in [0.15, 0.2) is 0 Å². The average molecular weight is 412 g/mol. The molecule has 1 aliphatic rings. The van der Waals surface area contributed by atoms with Crippen molar-refractivity contribution in [3.63, 3.8) is 0 Å². The summed E-state index contributed by atoms with van der Waals surface area (Å²) in [6.07, 6.45) is 14.9. The number of hydrogen-bond acceptors (Lipinski definition) is 4. The maximum Gasteiger partial charge on any atom is 0.215 e. The molecular weight excluding hydrogens is 364 g/mol. The van der Waals surface area contributed by atoms with Gasteiger partial charge in [-0.25, -0.2) is 0 Å². The smallest absolute Gasteiger partial charge is 0.215 e. The van der Waals surface area contributed by atoms with Crippen LogP contribution in [-0.2, 0) is 4.79 Å². The summed E-state index contributed by atoms with van der Waals surface area (Å²) >= 11 is 0. The summed E-state index contributed by atoms with van der Waals surface area (Å²) in [5.74, 6) is -0.308. The van der Waals surface area contributed by atoms with E-state index in [0.29, 0.717) is 0 Å². The topological polar surface area (TPSA) is 75.6 Å². The number of piperidine rings is 1. The molecule has 0 spiro atoms. The van der Waals surface area contributed by atoms with Crippen LogP contribution in [0.4, 0.5) is 0 Å². The number of nitrogens with zero attached hydrogens (tertiary/aromatic N) is 1. The van der Waals surface area contributed by atoms with Crippen LogP contribution in [0, 0.1) is 10.6 Å². The molecule has 1 aliphatic heterocycles. The summed E-state index contributed by atoms with van der Waals surface area (Å²) in [6, 6.07) is 0. The van der Waals surface area contributed by atoms with Gasteiger partial charge in [0.1, 0.15) is 0 Å². The van der Waals surface area contributed by atoms with Gasteiger partial charge in [-0.2, -0.15) is 0 Å². The van der Waals surface area contributed by atoms with E-state index < -0.39 is 11.0 Å². The Labute approximate surface area is 179 Å². The SMILES string of the molecule is CCCCCC1(O)CCN(CCC(CCCCC)(CCCCC)C(=O)N[O-])CC1. The number of hydrogen-bond donors (Lipinski definition) is 2. The quantitative estimate of drug-likeness (QED) is 0.258. The zero-order valence-electron chi connectivity index (χ0n) is 19.4. The lowest BCUT2D eigenvalue weighted by Crippen LogP contribution is -2.47. The average Bonchev–Trinajstić information content (AvgIpc) is 2.72. The fourth-order valence-electron chi connectivity index (χ4n) is 4.77. The number of aliphatic hydroxyl groups is 1. The van der Waals surface area contributed by atoms with Crippen LogP contribution < -0.4 is 5.48 Å². The van der Waals surface area contributed by atoms with Crippen molar-refractivity contribution < 1.29 is 9.90 Å². The van der Waals surface area contributed by atoms with Crippen molar-refractivity contribution in [2.24, 2.45) is 5.41 Å². The molecule has 5 heteroatoms. The second-order valence-electron chi connectivity index (χ2n) is 9.40. The molecule has 5 nitrogen and oxygen atoms in total. The van der Waals surface area contributed by atoms with E-state index in [-0.39, 0.29) is 5.91 Å². The van der Waals surface area contributed by atoms with E-state index in [2.05, 4.69) is 25.7 Å². The Bertz CT molecular complexity index is 424. The van der Waals surface area contributed by atoms with Crippen molar-refractivity contribution in [1.29, 1.82) is 0 Å². The molecule has 29 heavy (non-hydrogen) atoms. The van der Waals surface area contributed by atoms with E-state index in [0.717, 1.165) is 103 Å². The summed E-state index contributed by atoms with van der Waals surface area (Å²) in [5, 5.41) is 22.2. The van der Waals surface area contributed by atoms with Crippen molar-refractivity contribution in [2.75, 3.05) is 19.6 Å². The van der Waals surface area contributed by atoms with Crippen LogP contribution in [0.25, 0.3) is 0 Å². The van der Waals surface area contributed by atoms with Gasteiger partial charge < -0.3 is 20.7 Å². The number of nitrogens with one attached hydrogen (secondary N) is 1. The molecule has 0 unspecified atom stereocenters. The van der Waals surface area contributed by atoms with Crippen LogP contribution in [0.5, 0.6) is 0 Å². The van der Waals surface area contributed by atoms with Crippen molar-refractivity contribution in [1.82, 2.24) is 10.4 Å². The van der Waals surface area contributed by atoms with Gasteiger partial charge in [0, 0.05) is 18.5 Å². The van der Waals surface area contributed by atoms with E-state index in [1.807, 2.05) is 0 Å². The van der Waals surface area contributed by atoms with Crippen LogP contribution in [-0.4, -0.2) is 41.1 Å². The monoisotopic (exact) mass is 411 g/mol. The number of hydroxylamine groups is 1. The molecule has 0 saturated carbocycles. The molecular formula is C24H47N2O3-. The predicted octanol–water partition coefficient (Wildman–Crippen LogP) is 5.54. The van der Waals surface area contributed by atoms with Gasteiger partial charge in [-0.1, -0.05) is 78.6 Å². The second kappa shape index (κ2) is 14.4.